The predicted molar refractivity (Wildman–Crippen MR) is 65.0 cm³/mol. The zero-order valence-corrected chi connectivity index (χ0v) is 9.94. The van der Waals surface area contributed by atoms with Crippen molar-refractivity contribution in [3.8, 4) is 5.75 Å². The molecule has 1 amide bonds. The monoisotopic (exact) mass is 235 g/mol. The number of amides is 1. The van der Waals surface area contributed by atoms with Crippen LogP contribution in [0.25, 0.3) is 0 Å². The minimum absolute atomic E-state index is 0.236. The summed E-state index contributed by atoms with van der Waals surface area (Å²) in [6, 6.07) is 6.71. The minimum atomic E-state index is -0.475. The van der Waals surface area contributed by atoms with E-state index in [0.29, 0.717) is 37.2 Å². The lowest BCUT2D eigenvalue weighted by Gasteiger charge is -2.06. The van der Waals surface area contributed by atoms with E-state index in [2.05, 4.69) is 0 Å². The lowest BCUT2D eigenvalue weighted by atomic mass is 10.2. The highest BCUT2D eigenvalue weighted by Gasteiger charge is 2.02. The number of ketones is 1. The molecule has 1 rings (SSSR count). The molecule has 0 unspecified atom stereocenters. The van der Waals surface area contributed by atoms with E-state index in [1.165, 1.54) is 0 Å². The van der Waals surface area contributed by atoms with Gasteiger partial charge in [-0.05, 0) is 24.6 Å². The fraction of sp³-hybridized carbons (Fsp3) is 0.385. The van der Waals surface area contributed by atoms with Crippen LogP contribution in [0, 0.1) is 0 Å². The molecule has 0 atom stereocenters. The average molecular weight is 235 g/mol. The summed E-state index contributed by atoms with van der Waals surface area (Å²) in [6.45, 7) is 2.31. The Hall–Kier alpha value is -1.84. The number of hydrogen-bond donors (Lipinski definition) is 1. The Labute approximate surface area is 101 Å². The Morgan fingerprint density at radius 2 is 2.12 bits per heavy atom. The molecule has 4 heteroatoms. The van der Waals surface area contributed by atoms with Crippen LogP contribution in [-0.4, -0.2) is 18.3 Å². The average Bonchev–Trinajstić information content (AvgIpc) is 2.34. The number of rotatable bonds is 7. The summed E-state index contributed by atoms with van der Waals surface area (Å²) >= 11 is 0. The highest BCUT2D eigenvalue weighted by atomic mass is 16.5. The summed E-state index contributed by atoms with van der Waals surface area (Å²) in [7, 11) is 0. The largest absolute Gasteiger partial charge is 0.494 e. The molecule has 0 bridgehead atoms. The van der Waals surface area contributed by atoms with Crippen LogP contribution in [0.1, 0.15) is 36.5 Å². The third-order valence-electron chi connectivity index (χ3n) is 2.38. The van der Waals surface area contributed by atoms with Crippen LogP contribution >= 0.6 is 0 Å². The van der Waals surface area contributed by atoms with Gasteiger partial charge in [0.05, 0.1) is 6.61 Å². The molecule has 0 saturated carbocycles. The maximum Gasteiger partial charge on any atom is 0.248 e. The van der Waals surface area contributed by atoms with Crippen molar-refractivity contribution in [2.24, 2.45) is 5.73 Å². The number of ether oxygens (including phenoxy) is 1. The Morgan fingerprint density at radius 3 is 2.76 bits per heavy atom. The first kappa shape index (κ1) is 13.2. The second-order valence-electron chi connectivity index (χ2n) is 3.74. The molecule has 0 spiro atoms. The van der Waals surface area contributed by atoms with Crippen LogP contribution in [-0.2, 0) is 4.79 Å². The maximum absolute atomic E-state index is 11.0. The van der Waals surface area contributed by atoms with Crippen molar-refractivity contribution in [2.75, 3.05) is 6.61 Å². The van der Waals surface area contributed by atoms with Gasteiger partial charge < -0.3 is 10.5 Å². The lowest BCUT2D eigenvalue weighted by Crippen LogP contribution is -2.11. The van der Waals surface area contributed by atoms with E-state index >= 15 is 0 Å². The van der Waals surface area contributed by atoms with Gasteiger partial charge in [0.1, 0.15) is 11.5 Å². The molecule has 92 valence electrons. The number of benzene rings is 1. The number of Topliss-reactive ketones (excluding diaryl/α,β-unsaturated/α-hetero) is 1. The predicted octanol–water partition coefficient (Wildman–Crippen LogP) is 1.92. The van der Waals surface area contributed by atoms with Crippen molar-refractivity contribution in [3.63, 3.8) is 0 Å². The van der Waals surface area contributed by atoms with E-state index in [-0.39, 0.29) is 5.78 Å². The fourth-order valence-electron chi connectivity index (χ4n) is 1.38. The van der Waals surface area contributed by atoms with Gasteiger partial charge >= 0.3 is 0 Å². The first-order chi connectivity index (χ1) is 8.13. The summed E-state index contributed by atoms with van der Waals surface area (Å²) in [5.74, 6) is 0.362. The van der Waals surface area contributed by atoms with Crippen molar-refractivity contribution in [2.45, 2.75) is 26.2 Å². The number of primary amides is 1. The first-order valence-electron chi connectivity index (χ1n) is 5.68. The highest BCUT2D eigenvalue weighted by molar-refractivity contribution is 5.93. The lowest BCUT2D eigenvalue weighted by molar-refractivity contribution is -0.118. The fourth-order valence-corrected chi connectivity index (χ4v) is 1.38. The van der Waals surface area contributed by atoms with Gasteiger partial charge in [-0.2, -0.15) is 0 Å². The molecule has 0 saturated heterocycles. The van der Waals surface area contributed by atoms with Gasteiger partial charge in [-0.25, -0.2) is 0 Å². The maximum atomic E-state index is 11.0. The van der Waals surface area contributed by atoms with Crippen LogP contribution in [0.15, 0.2) is 24.3 Å². The standard InChI is InChI=1S/C13H17NO3/c1-2-11(15)6-4-8-17-12-7-3-5-10(9-12)13(14)16/h3,5,7,9H,2,4,6,8H2,1H3,(H2,14,16). The zero-order chi connectivity index (χ0) is 12.7. The second kappa shape index (κ2) is 6.68. The van der Waals surface area contributed by atoms with Crippen molar-refractivity contribution in [1.82, 2.24) is 0 Å². The molecule has 1 aromatic rings. The molecule has 2 N–H and O–H groups in total. The van der Waals surface area contributed by atoms with Crippen LogP contribution in [0.3, 0.4) is 0 Å². The molecule has 0 aromatic heterocycles. The summed E-state index contributed by atoms with van der Waals surface area (Å²) in [5, 5.41) is 0. The number of carbonyl (C=O) groups excluding carboxylic acids is 2. The van der Waals surface area contributed by atoms with Gasteiger partial charge in [0.25, 0.3) is 0 Å². The molecule has 0 radical (unpaired) electrons. The summed E-state index contributed by atoms with van der Waals surface area (Å²) in [5.41, 5.74) is 5.58. The second-order valence-corrected chi connectivity index (χ2v) is 3.74. The number of nitrogens with two attached hydrogens (primary N) is 1. The molecule has 4 nitrogen and oxygen atoms in total. The molecular weight excluding hydrogens is 218 g/mol. The third kappa shape index (κ3) is 4.68. The van der Waals surface area contributed by atoms with Gasteiger partial charge in [-0.1, -0.05) is 13.0 Å². The smallest absolute Gasteiger partial charge is 0.248 e. The SMILES string of the molecule is CCC(=O)CCCOc1cccc(C(N)=O)c1. The van der Waals surface area contributed by atoms with Gasteiger partial charge in [-0.15, -0.1) is 0 Å². The highest BCUT2D eigenvalue weighted by Crippen LogP contribution is 2.13. The van der Waals surface area contributed by atoms with E-state index in [0.717, 1.165) is 0 Å². The first-order valence-corrected chi connectivity index (χ1v) is 5.68. The van der Waals surface area contributed by atoms with E-state index < -0.39 is 5.91 Å². The van der Waals surface area contributed by atoms with Crippen LogP contribution in [0.2, 0.25) is 0 Å². The van der Waals surface area contributed by atoms with Crippen LogP contribution < -0.4 is 10.5 Å². The molecule has 17 heavy (non-hydrogen) atoms. The zero-order valence-electron chi connectivity index (χ0n) is 9.94. The van der Waals surface area contributed by atoms with E-state index in [1.54, 1.807) is 24.3 Å². The summed E-state index contributed by atoms with van der Waals surface area (Å²) < 4.78 is 5.43. The van der Waals surface area contributed by atoms with Crippen molar-refractivity contribution in [1.29, 1.82) is 0 Å². The van der Waals surface area contributed by atoms with E-state index in [1.807, 2.05) is 6.92 Å². The van der Waals surface area contributed by atoms with Crippen LogP contribution in [0.5, 0.6) is 5.75 Å². The Kier molecular flexibility index (Phi) is 5.20. The normalized spacial score (nSPS) is 9.94. The van der Waals surface area contributed by atoms with Gasteiger partial charge in [0, 0.05) is 18.4 Å². The Balaban J connectivity index is 2.39. The van der Waals surface area contributed by atoms with Crippen LogP contribution in [0.4, 0.5) is 0 Å². The van der Waals surface area contributed by atoms with Crippen molar-refractivity contribution in [3.05, 3.63) is 29.8 Å². The van der Waals surface area contributed by atoms with Crippen molar-refractivity contribution >= 4 is 11.7 Å². The molecular formula is C13H17NO3. The topological polar surface area (TPSA) is 69.4 Å². The minimum Gasteiger partial charge on any atom is -0.494 e. The molecule has 0 aliphatic rings. The van der Waals surface area contributed by atoms with E-state index in [9.17, 15) is 9.59 Å². The van der Waals surface area contributed by atoms with Crippen molar-refractivity contribution < 1.29 is 14.3 Å². The number of carbonyl (C=O) groups is 2. The molecule has 1 aromatic carbocycles. The Bertz CT molecular complexity index is 401. The van der Waals surface area contributed by atoms with Gasteiger partial charge in [0.15, 0.2) is 0 Å². The third-order valence-corrected chi connectivity index (χ3v) is 2.38. The van der Waals surface area contributed by atoms with E-state index in [4.69, 9.17) is 10.5 Å². The molecule has 0 aliphatic carbocycles. The van der Waals surface area contributed by atoms with Gasteiger partial charge in [-0.3, -0.25) is 9.59 Å². The summed E-state index contributed by atoms with van der Waals surface area (Å²) in [6.07, 6.45) is 1.79. The summed E-state index contributed by atoms with van der Waals surface area (Å²) in [4.78, 5) is 22.0. The van der Waals surface area contributed by atoms with Gasteiger partial charge in [0.2, 0.25) is 5.91 Å². The molecule has 0 heterocycles. The molecule has 0 fully saturated rings. The Morgan fingerprint density at radius 1 is 1.35 bits per heavy atom. The number of hydrogen-bond acceptors (Lipinski definition) is 3. The molecule has 0 aliphatic heterocycles. The quantitative estimate of drug-likeness (QED) is 0.734.